The van der Waals surface area contributed by atoms with Crippen LogP contribution in [0, 0.1) is 10.1 Å². The zero-order valence-electron chi connectivity index (χ0n) is 15.6. The summed E-state index contributed by atoms with van der Waals surface area (Å²) in [6.45, 7) is 2.84. The van der Waals surface area contributed by atoms with Crippen molar-refractivity contribution in [1.29, 1.82) is 0 Å². The second kappa shape index (κ2) is 8.00. The van der Waals surface area contributed by atoms with E-state index in [1.54, 1.807) is 26.2 Å². The first kappa shape index (κ1) is 19.9. The Morgan fingerprint density at radius 1 is 1.44 bits per heavy atom. The summed E-state index contributed by atoms with van der Waals surface area (Å²) in [6.07, 6.45) is 2.85. The number of rotatable bonds is 5. The molecule has 1 N–H and O–H groups in total. The number of carbonyl (C=O) groups is 1. The van der Waals surface area contributed by atoms with Gasteiger partial charge >= 0.3 is 6.03 Å². The van der Waals surface area contributed by atoms with E-state index in [9.17, 15) is 14.9 Å². The lowest BCUT2D eigenvalue weighted by Gasteiger charge is -2.52. The van der Waals surface area contributed by atoms with Gasteiger partial charge in [-0.2, -0.15) is 0 Å². The number of piperidine rings is 1. The summed E-state index contributed by atoms with van der Waals surface area (Å²) in [6, 6.07) is 4.45. The summed E-state index contributed by atoms with van der Waals surface area (Å²) in [5, 5.41) is 14.4. The van der Waals surface area contributed by atoms with Crippen LogP contribution < -0.4 is 5.32 Å². The maximum atomic E-state index is 11.6. The van der Waals surface area contributed by atoms with Crippen molar-refractivity contribution >= 4 is 23.3 Å². The lowest BCUT2D eigenvalue weighted by atomic mass is 9.80. The Balaban J connectivity index is 1.46. The molecule has 0 saturated carbocycles. The van der Waals surface area contributed by atoms with E-state index in [2.05, 4.69) is 10.2 Å². The summed E-state index contributed by atoms with van der Waals surface area (Å²) >= 11 is 6.20. The predicted octanol–water partition coefficient (Wildman–Crippen LogP) is 2.64. The van der Waals surface area contributed by atoms with E-state index in [0.717, 1.165) is 37.9 Å². The highest BCUT2D eigenvalue weighted by atomic mass is 35.5. The second-order valence-electron chi connectivity index (χ2n) is 7.52. The third-order valence-electron chi connectivity index (χ3n) is 5.30. The molecular formula is C18H25ClN4O4. The number of nitro groups is 1. The van der Waals surface area contributed by atoms with Gasteiger partial charge in [0.15, 0.2) is 0 Å². The fraction of sp³-hybridized carbons (Fsp3) is 0.611. The topological polar surface area (TPSA) is 88.0 Å². The van der Waals surface area contributed by atoms with Crippen LogP contribution in [0.2, 0.25) is 5.02 Å². The van der Waals surface area contributed by atoms with Crippen LogP contribution in [0.5, 0.6) is 0 Å². The van der Waals surface area contributed by atoms with E-state index in [1.807, 2.05) is 0 Å². The molecular weight excluding hydrogens is 372 g/mol. The number of non-ortho nitro benzene ring substituents is 1. The molecule has 8 nitrogen and oxygen atoms in total. The molecule has 2 saturated heterocycles. The smallest absolute Gasteiger partial charge is 0.316 e. The Morgan fingerprint density at radius 3 is 2.70 bits per heavy atom. The van der Waals surface area contributed by atoms with Gasteiger partial charge in [-0.1, -0.05) is 11.6 Å². The van der Waals surface area contributed by atoms with E-state index in [0.29, 0.717) is 18.1 Å². The number of nitro benzene ring substituents is 1. The number of benzene rings is 1. The molecule has 2 aliphatic heterocycles. The molecule has 3 rings (SSSR count). The Bertz CT molecular complexity index is 711. The lowest BCUT2D eigenvalue weighted by molar-refractivity contribution is -0.384. The zero-order chi connectivity index (χ0) is 19.6. The lowest BCUT2D eigenvalue weighted by Crippen LogP contribution is -2.59. The summed E-state index contributed by atoms with van der Waals surface area (Å²) in [5.74, 6) is 0. The van der Waals surface area contributed by atoms with Crippen molar-refractivity contribution in [3.8, 4) is 0 Å². The van der Waals surface area contributed by atoms with Crippen LogP contribution in [0.3, 0.4) is 0 Å². The highest BCUT2D eigenvalue weighted by Crippen LogP contribution is 2.41. The van der Waals surface area contributed by atoms with Crippen LogP contribution in [-0.4, -0.2) is 66.2 Å². The standard InChI is InChI=1S/C18H25ClN4O4/c1-21(2)17(24)20-11-15-10-18(27-15)5-7-22(8-6-18)12-13-9-14(23(25)26)3-4-16(13)19/h3-4,9,15H,5-8,10-12H2,1-2H3,(H,20,24)/t15-/m0/s1. The molecule has 2 aliphatic rings. The Kier molecular flexibility index (Phi) is 5.88. The van der Waals surface area contributed by atoms with Crippen molar-refractivity contribution in [1.82, 2.24) is 15.1 Å². The maximum Gasteiger partial charge on any atom is 0.316 e. The van der Waals surface area contributed by atoms with E-state index in [1.165, 1.54) is 11.0 Å². The minimum Gasteiger partial charge on any atom is -0.370 e. The molecule has 0 bridgehead atoms. The molecule has 2 heterocycles. The summed E-state index contributed by atoms with van der Waals surface area (Å²) < 4.78 is 6.10. The number of likely N-dealkylation sites (tertiary alicyclic amines) is 1. The first-order valence-electron chi connectivity index (χ1n) is 9.06. The largest absolute Gasteiger partial charge is 0.370 e. The Hall–Kier alpha value is -1.90. The number of amides is 2. The minimum absolute atomic E-state index is 0.0628. The molecule has 0 unspecified atom stereocenters. The van der Waals surface area contributed by atoms with Crippen molar-refractivity contribution in [3.63, 3.8) is 0 Å². The zero-order valence-corrected chi connectivity index (χ0v) is 16.4. The van der Waals surface area contributed by atoms with Crippen molar-refractivity contribution in [2.75, 3.05) is 33.7 Å². The maximum absolute atomic E-state index is 11.6. The molecule has 0 aliphatic carbocycles. The number of hydrogen-bond donors (Lipinski definition) is 1. The highest BCUT2D eigenvalue weighted by Gasteiger charge is 2.47. The van der Waals surface area contributed by atoms with Gasteiger partial charge in [-0.15, -0.1) is 0 Å². The van der Waals surface area contributed by atoms with Crippen LogP contribution in [0.1, 0.15) is 24.8 Å². The fourth-order valence-electron chi connectivity index (χ4n) is 3.71. The first-order valence-corrected chi connectivity index (χ1v) is 9.44. The van der Waals surface area contributed by atoms with Gasteiger partial charge in [0.05, 0.1) is 16.6 Å². The van der Waals surface area contributed by atoms with Crippen LogP contribution in [0.15, 0.2) is 18.2 Å². The van der Waals surface area contributed by atoms with Gasteiger partial charge in [-0.05, 0) is 24.5 Å². The van der Waals surface area contributed by atoms with Gasteiger partial charge in [0.1, 0.15) is 0 Å². The molecule has 0 radical (unpaired) electrons. The van der Waals surface area contributed by atoms with Crippen molar-refractivity contribution in [2.24, 2.45) is 0 Å². The predicted molar refractivity (Wildman–Crippen MR) is 102 cm³/mol. The summed E-state index contributed by atoms with van der Waals surface area (Å²) in [4.78, 5) is 25.9. The van der Waals surface area contributed by atoms with Crippen molar-refractivity contribution < 1.29 is 14.5 Å². The number of halogens is 1. The Labute approximate surface area is 163 Å². The van der Waals surface area contributed by atoms with E-state index >= 15 is 0 Å². The van der Waals surface area contributed by atoms with Crippen LogP contribution in [0.4, 0.5) is 10.5 Å². The van der Waals surface area contributed by atoms with Gasteiger partial charge in [-0.25, -0.2) is 4.79 Å². The van der Waals surface area contributed by atoms with Gasteiger partial charge in [0, 0.05) is 63.9 Å². The normalized spacial score (nSPS) is 21.5. The van der Waals surface area contributed by atoms with Crippen LogP contribution in [0.25, 0.3) is 0 Å². The molecule has 27 heavy (non-hydrogen) atoms. The molecule has 1 aromatic carbocycles. The monoisotopic (exact) mass is 396 g/mol. The number of nitrogens with one attached hydrogen (secondary N) is 1. The van der Waals surface area contributed by atoms with E-state index in [-0.39, 0.29) is 23.4 Å². The summed E-state index contributed by atoms with van der Waals surface area (Å²) in [5.41, 5.74) is 0.754. The fourth-order valence-corrected chi connectivity index (χ4v) is 3.89. The third kappa shape index (κ3) is 4.69. The highest BCUT2D eigenvalue weighted by molar-refractivity contribution is 6.31. The molecule has 0 aromatic heterocycles. The average Bonchev–Trinajstić information content (AvgIpc) is 2.60. The van der Waals surface area contributed by atoms with E-state index in [4.69, 9.17) is 16.3 Å². The van der Waals surface area contributed by atoms with Gasteiger partial charge < -0.3 is 15.0 Å². The second-order valence-corrected chi connectivity index (χ2v) is 7.92. The first-order chi connectivity index (χ1) is 12.8. The number of ether oxygens (including phenoxy) is 1. The molecule has 148 valence electrons. The van der Waals surface area contributed by atoms with E-state index < -0.39 is 4.92 Å². The SMILES string of the molecule is CN(C)C(=O)NC[C@@H]1CC2(CCN(Cc3cc([N+](=O)[O-])ccc3Cl)CC2)O1. The van der Waals surface area contributed by atoms with Crippen LogP contribution in [-0.2, 0) is 11.3 Å². The molecule has 2 amide bonds. The third-order valence-corrected chi connectivity index (χ3v) is 5.67. The number of carbonyl (C=O) groups excluding carboxylic acids is 1. The molecule has 2 fully saturated rings. The van der Waals surface area contributed by atoms with Crippen LogP contribution >= 0.6 is 11.6 Å². The van der Waals surface area contributed by atoms with Crippen molar-refractivity contribution in [2.45, 2.75) is 37.5 Å². The quantitative estimate of drug-likeness (QED) is 0.610. The van der Waals surface area contributed by atoms with Gasteiger partial charge in [0.2, 0.25) is 0 Å². The molecule has 1 atom stereocenters. The molecule has 1 spiro atoms. The molecule has 1 aromatic rings. The number of nitrogens with zero attached hydrogens (tertiary/aromatic N) is 3. The minimum atomic E-state index is -0.400. The molecule has 9 heteroatoms. The van der Waals surface area contributed by atoms with Crippen molar-refractivity contribution in [3.05, 3.63) is 38.9 Å². The number of urea groups is 1. The number of hydrogen-bond acceptors (Lipinski definition) is 5. The Morgan fingerprint density at radius 2 is 2.11 bits per heavy atom. The average molecular weight is 397 g/mol. The van der Waals surface area contributed by atoms with Gasteiger partial charge in [-0.3, -0.25) is 15.0 Å². The summed E-state index contributed by atoms with van der Waals surface area (Å²) in [7, 11) is 3.42. The van der Waals surface area contributed by atoms with Gasteiger partial charge in [0.25, 0.3) is 5.69 Å².